The predicted molar refractivity (Wildman–Crippen MR) is 133 cm³/mol. The molecule has 36 heavy (non-hydrogen) atoms. The second kappa shape index (κ2) is 9.96. The Bertz CT molecular complexity index is 1610. The third-order valence-electron chi connectivity index (χ3n) is 5.58. The van der Waals surface area contributed by atoms with Gasteiger partial charge in [0.05, 0.1) is 53.1 Å². The van der Waals surface area contributed by atoms with Crippen molar-refractivity contribution < 1.29 is 23.9 Å². The molecule has 0 aliphatic carbocycles. The van der Waals surface area contributed by atoms with Gasteiger partial charge in [0.1, 0.15) is 0 Å². The highest BCUT2D eigenvalue weighted by Gasteiger charge is 2.33. The molecule has 0 N–H and O–H groups in total. The van der Waals surface area contributed by atoms with E-state index in [4.69, 9.17) is 25.8 Å². The van der Waals surface area contributed by atoms with E-state index in [9.17, 15) is 19.7 Å². The summed E-state index contributed by atoms with van der Waals surface area (Å²) in [6, 6.07) is 8.12. The Labute approximate surface area is 213 Å². The number of methoxy groups -OCH3 is 3. The summed E-state index contributed by atoms with van der Waals surface area (Å²) in [7, 11) is 4.16. The summed E-state index contributed by atoms with van der Waals surface area (Å²) in [5, 5.41) is 11.7. The Kier molecular flexibility index (Phi) is 6.95. The first kappa shape index (κ1) is 25.1. The van der Waals surface area contributed by atoms with Crippen LogP contribution in [0.4, 0.5) is 5.69 Å². The molecule has 12 heteroatoms. The van der Waals surface area contributed by atoms with Crippen LogP contribution in [0, 0.1) is 10.1 Å². The zero-order chi connectivity index (χ0) is 26.1. The number of benzene rings is 2. The monoisotopic (exact) mass is 529 g/mol. The van der Waals surface area contributed by atoms with Gasteiger partial charge in [0, 0.05) is 12.1 Å². The number of hydrogen-bond acceptors (Lipinski definition) is 9. The molecule has 1 aromatic heterocycles. The van der Waals surface area contributed by atoms with Gasteiger partial charge in [-0.1, -0.05) is 35.1 Å². The van der Waals surface area contributed by atoms with Crippen LogP contribution in [0.3, 0.4) is 0 Å². The maximum atomic E-state index is 13.6. The Morgan fingerprint density at radius 2 is 1.97 bits per heavy atom. The number of non-ortho nitro benzene ring substituents is 1. The van der Waals surface area contributed by atoms with Gasteiger partial charge in [-0.3, -0.25) is 19.5 Å². The summed E-state index contributed by atoms with van der Waals surface area (Å²) in [4.78, 5) is 42.0. The summed E-state index contributed by atoms with van der Waals surface area (Å²) in [5.41, 5.74) is 0.814. The number of rotatable bonds is 6. The van der Waals surface area contributed by atoms with Crippen molar-refractivity contribution in [2.75, 3.05) is 21.3 Å². The number of carbonyl (C=O) groups excluding carboxylic acids is 1. The molecule has 0 amide bonds. The lowest BCUT2D eigenvalue weighted by atomic mass is 9.95. The standard InChI is InChI=1S/C24H20ClN3O7S/c1-12-19(23(30)35-4)20(14-6-5-7-15(11-14)28(31)32)27-22(29)18(36-24(27)26-12)10-13-8-16(25)21(34-3)17(9-13)33-2/h5-11,20H,1-4H3. The Hall–Kier alpha value is -3.96. The van der Waals surface area contributed by atoms with Gasteiger partial charge in [-0.15, -0.1) is 0 Å². The van der Waals surface area contributed by atoms with Crippen molar-refractivity contribution in [3.05, 3.63) is 93.6 Å². The number of fused-ring (bicyclic) bond motifs is 1. The third kappa shape index (κ3) is 4.38. The van der Waals surface area contributed by atoms with Crippen molar-refractivity contribution in [3.8, 4) is 11.5 Å². The average Bonchev–Trinajstić information content (AvgIpc) is 3.16. The minimum atomic E-state index is -0.968. The minimum Gasteiger partial charge on any atom is -0.493 e. The quantitative estimate of drug-likeness (QED) is 0.273. The summed E-state index contributed by atoms with van der Waals surface area (Å²) < 4.78 is 17.2. The fourth-order valence-electron chi connectivity index (χ4n) is 3.99. The first-order chi connectivity index (χ1) is 17.2. The number of aromatic nitrogens is 1. The van der Waals surface area contributed by atoms with Crippen molar-refractivity contribution >= 4 is 40.7 Å². The van der Waals surface area contributed by atoms with Gasteiger partial charge in [0.15, 0.2) is 16.3 Å². The van der Waals surface area contributed by atoms with E-state index < -0.39 is 22.5 Å². The fraction of sp³-hybridized carbons (Fsp3) is 0.208. The highest BCUT2D eigenvalue weighted by molar-refractivity contribution is 7.07. The summed E-state index contributed by atoms with van der Waals surface area (Å²) in [6.07, 6.45) is 1.62. The Morgan fingerprint density at radius 3 is 2.61 bits per heavy atom. The number of carbonyl (C=O) groups is 1. The Balaban J connectivity index is 1.97. The number of nitro benzene ring substituents is 1. The zero-order valence-corrected chi connectivity index (χ0v) is 21.2. The highest BCUT2D eigenvalue weighted by Crippen LogP contribution is 2.36. The molecular formula is C24H20ClN3O7S. The summed E-state index contributed by atoms with van der Waals surface area (Å²) in [6.45, 7) is 1.63. The number of thiazole rings is 1. The second-order valence-corrected chi connectivity index (χ2v) is 9.08. The van der Waals surface area contributed by atoms with Crippen LogP contribution in [0.5, 0.6) is 11.5 Å². The SMILES string of the molecule is COC(=O)C1=C(C)N=c2sc(=Cc3cc(Cl)c(OC)c(OC)c3)c(=O)n2C1c1cccc([N+](=O)[O-])c1. The molecule has 4 rings (SSSR count). The minimum absolute atomic E-state index is 0.117. The van der Waals surface area contributed by atoms with Gasteiger partial charge in [-0.2, -0.15) is 0 Å². The molecular weight excluding hydrogens is 510 g/mol. The van der Waals surface area contributed by atoms with Crippen molar-refractivity contribution in [2.45, 2.75) is 13.0 Å². The molecule has 2 heterocycles. The molecule has 0 saturated carbocycles. The lowest BCUT2D eigenvalue weighted by Gasteiger charge is -2.24. The second-order valence-electron chi connectivity index (χ2n) is 7.66. The largest absolute Gasteiger partial charge is 0.493 e. The average molecular weight is 530 g/mol. The van der Waals surface area contributed by atoms with Gasteiger partial charge in [-0.25, -0.2) is 9.79 Å². The van der Waals surface area contributed by atoms with E-state index in [-0.39, 0.29) is 11.3 Å². The molecule has 10 nitrogen and oxygen atoms in total. The van der Waals surface area contributed by atoms with Crippen LogP contribution in [-0.4, -0.2) is 36.8 Å². The molecule has 186 valence electrons. The van der Waals surface area contributed by atoms with Crippen molar-refractivity contribution in [2.24, 2.45) is 4.99 Å². The Morgan fingerprint density at radius 1 is 1.22 bits per heavy atom. The number of hydrogen-bond donors (Lipinski definition) is 0. The van der Waals surface area contributed by atoms with E-state index in [1.54, 1.807) is 31.2 Å². The van der Waals surface area contributed by atoms with E-state index in [1.807, 2.05) is 0 Å². The molecule has 2 aromatic carbocycles. The molecule has 0 saturated heterocycles. The molecule has 1 unspecified atom stereocenters. The number of halogens is 1. The van der Waals surface area contributed by atoms with E-state index in [0.29, 0.717) is 42.7 Å². The van der Waals surface area contributed by atoms with Gasteiger partial charge < -0.3 is 14.2 Å². The van der Waals surface area contributed by atoms with Crippen LogP contribution in [0.2, 0.25) is 5.02 Å². The van der Waals surface area contributed by atoms with Gasteiger partial charge in [0.2, 0.25) is 0 Å². The van der Waals surface area contributed by atoms with Crippen molar-refractivity contribution in [1.29, 1.82) is 0 Å². The van der Waals surface area contributed by atoms with Crippen LogP contribution in [0.15, 0.2) is 57.5 Å². The number of nitrogens with zero attached hydrogens (tertiary/aromatic N) is 3. The molecule has 3 aromatic rings. The first-order valence-corrected chi connectivity index (χ1v) is 11.7. The summed E-state index contributed by atoms with van der Waals surface area (Å²) >= 11 is 7.43. The fourth-order valence-corrected chi connectivity index (χ4v) is 5.33. The van der Waals surface area contributed by atoms with Gasteiger partial charge in [-0.05, 0) is 36.3 Å². The summed E-state index contributed by atoms with van der Waals surface area (Å²) in [5.74, 6) is 0.0674. The molecule has 0 spiro atoms. The van der Waals surface area contributed by atoms with E-state index in [2.05, 4.69) is 4.99 Å². The molecule has 1 atom stereocenters. The number of ether oxygens (including phenoxy) is 3. The number of allylic oxidation sites excluding steroid dienone is 1. The smallest absolute Gasteiger partial charge is 0.338 e. The van der Waals surface area contributed by atoms with E-state index in [1.165, 1.54) is 44.1 Å². The predicted octanol–water partition coefficient (Wildman–Crippen LogP) is 2.99. The van der Waals surface area contributed by atoms with Crippen LogP contribution in [-0.2, 0) is 9.53 Å². The van der Waals surface area contributed by atoms with E-state index in [0.717, 1.165) is 11.3 Å². The van der Waals surface area contributed by atoms with Crippen LogP contribution >= 0.6 is 22.9 Å². The van der Waals surface area contributed by atoms with Gasteiger partial charge in [0.25, 0.3) is 11.2 Å². The molecule has 1 aliphatic rings. The highest BCUT2D eigenvalue weighted by atomic mass is 35.5. The van der Waals surface area contributed by atoms with E-state index >= 15 is 0 Å². The topological polar surface area (TPSA) is 122 Å². The van der Waals surface area contributed by atoms with Crippen LogP contribution in [0.25, 0.3) is 6.08 Å². The van der Waals surface area contributed by atoms with Crippen LogP contribution < -0.4 is 24.4 Å². The van der Waals surface area contributed by atoms with Gasteiger partial charge >= 0.3 is 5.97 Å². The maximum Gasteiger partial charge on any atom is 0.338 e. The normalized spacial score (nSPS) is 15.2. The van der Waals surface area contributed by atoms with Crippen LogP contribution in [0.1, 0.15) is 24.1 Å². The lowest BCUT2D eigenvalue weighted by Crippen LogP contribution is -2.39. The number of esters is 1. The number of nitro groups is 1. The lowest BCUT2D eigenvalue weighted by molar-refractivity contribution is -0.384. The third-order valence-corrected chi connectivity index (χ3v) is 6.84. The molecule has 0 bridgehead atoms. The first-order valence-electron chi connectivity index (χ1n) is 10.5. The molecule has 0 fully saturated rings. The zero-order valence-electron chi connectivity index (χ0n) is 19.6. The molecule has 0 radical (unpaired) electrons. The van der Waals surface area contributed by atoms with Crippen molar-refractivity contribution in [3.63, 3.8) is 0 Å². The molecule has 1 aliphatic heterocycles. The maximum absolute atomic E-state index is 13.6. The van der Waals surface area contributed by atoms with Crippen molar-refractivity contribution in [1.82, 2.24) is 4.57 Å².